The van der Waals surface area contributed by atoms with Crippen LogP contribution in [0.5, 0.6) is 0 Å². The van der Waals surface area contributed by atoms with Gasteiger partial charge in [-0.25, -0.2) is 19.2 Å². The van der Waals surface area contributed by atoms with Crippen molar-refractivity contribution in [2.24, 2.45) is 5.92 Å². The van der Waals surface area contributed by atoms with E-state index in [1.165, 1.54) is 36.6 Å². The number of carbonyl (C=O) groups is 2. The minimum absolute atomic E-state index is 0.00153. The Morgan fingerprint density at radius 3 is 2.62 bits per heavy atom. The molecule has 0 saturated carbocycles. The molecule has 152 valence electrons. The van der Waals surface area contributed by atoms with Crippen LogP contribution in [0.4, 0.5) is 4.39 Å². The van der Waals surface area contributed by atoms with E-state index in [1.807, 2.05) is 13.8 Å². The first-order valence-corrected chi connectivity index (χ1v) is 9.76. The highest BCUT2D eigenvalue weighted by atomic mass is 32.1. The fourth-order valence-corrected chi connectivity index (χ4v) is 3.71. The summed E-state index contributed by atoms with van der Waals surface area (Å²) in [5.41, 5.74) is 0.500. The number of hydrogen-bond acceptors (Lipinski definition) is 7. The number of aryl methyl sites for hydroxylation is 1. The van der Waals surface area contributed by atoms with Gasteiger partial charge < -0.3 is 14.5 Å². The van der Waals surface area contributed by atoms with Crippen molar-refractivity contribution in [1.82, 2.24) is 15.3 Å². The average molecular weight is 417 g/mol. The molecule has 1 amide bonds. The molecule has 3 aromatic rings. The van der Waals surface area contributed by atoms with Gasteiger partial charge in [0, 0.05) is 5.38 Å². The molecule has 0 unspecified atom stereocenters. The maximum Gasteiger partial charge on any atom is 0.360 e. The van der Waals surface area contributed by atoms with Crippen molar-refractivity contribution >= 4 is 23.2 Å². The Morgan fingerprint density at radius 2 is 1.97 bits per heavy atom. The molecule has 0 saturated heterocycles. The number of carbonyl (C=O) groups excluding carboxylic acids is 2. The van der Waals surface area contributed by atoms with E-state index in [-0.39, 0.29) is 23.1 Å². The molecule has 0 aliphatic carbocycles. The average Bonchev–Trinajstić information content (AvgIpc) is 3.32. The standard InChI is InChI=1S/C20H20FN3O4S/c1-10(2)15(23-17(25)12-7-5-6-8-13(12)21)19-22-14(9-29-19)18-24-16(11(3)28-18)20(26)27-4/h5-10,15H,1-4H3,(H,23,25)/t15-/m0/s1. The van der Waals surface area contributed by atoms with E-state index in [1.54, 1.807) is 18.4 Å². The second-order valence-electron chi connectivity index (χ2n) is 6.66. The van der Waals surface area contributed by atoms with E-state index in [9.17, 15) is 14.0 Å². The zero-order valence-corrected chi connectivity index (χ0v) is 17.2. The number of aromatic nitrogens is 2. The number of rotatable bonds is 6. The third kappa shape index (κ3) is 4.34. The number of halogens is 1. The van der Waals surface area contributed by atoms with Crippen LogP contribution in [-0.2, 0) is 4.74 Å². The van der Waals surface area contributed by atoms with Gasteiger partial charge in [0.1, 0.15) is 22.3 Å². The van der Waals surface area contributed by atoms with Crippen LogP contribution < -0.4 is 5.32 Å². The smallest absolute Gasteiger partial charge is 0.360 e. The molecule has 0 fully saturated rings. The van der Waals surface area contributed by atoms with Crippen molar-refractivity contribution in [3.63, 3.8) is 0 Å². The first kappa shape index (κ1) is 20.7. The Bertz CT molecular complexity index is 1040. The van der Waals surface area contributed by atoms with Crippen LogP contribution >= 0.6 is 11.3 Å². The molecule has 29 heavy (non-hydrogen) atoms. The van der Waals surface area contributed by atoms with Gasteiger partial charge in [-0.3, -0.25) is 4.79 Å². The highest BCUT2D eigenvalue weighted by Gasteiger charge is 2.25. The molecule has 2 heterocycles. The molecule has 0 radical (unpaired) electrons. The minimum atomic E-state index is -0.592. The number of nitrogens with zero attached hydrogens (tertiary/aromatic N) is 2. The molecule has 3 rings (SSSR count). The van der Waals surface area contributed by atoms with Crippen LogP contribution in [-0.4, -0.2) is 29.0 Å². The van der Waals surface area contributed by atoms with Gasteiger partial charge in [-0.05, 0) is 25.0 Å². The second-order valence-corrected chi connectivity index (χ2v) is 7.55. The maximum absolute atomic E-state index is 13.9. The number of ether oxygens (including phenoxy) is 1. The van der Waals surface area contributed by atoms with Crippen molar-refractivity contribution in [1.29, 1.82) is 0 Å². The van der Waals surface area contributed by atoms with Gasteiger partial charge in [-0.2, -0.15) is 0 Å². The SMILES string of the molecule is COC(=O)c1nc(-c2csc([C@@H](NC(=O)c3ccccc3F)C(C)C)n2)oc1C. The van der Waals surface area contributed by atoms with Crippen molar-refractivity contribution in [2.45, 2.75) is 26.8 Å². The van der Waals surface area contributed by atoms with E-state index in [2.05, 4.69) is 20.0 Å². The van der Waals surface area contributed by atoms with Crippen molar-refractivity contribution in [3.8, 4) is 11.6 Å². The summed E-state index contributed by atoms with van der Waals surface area (Å²) in [4.78, 5) is 32.9. The number of methoxy groups -OCH3 is 1. The van der Waals surface area contributed by atoms with Crippen LogP contribution in [0.3, 0.4) is 0 Å². The summed E-state index contributed by atoms with van der Waals surface area (Å²) in [6.45, 7) is 5.47. The highest BCUT2D eigenvalue weighted by Crippen LogP contribution is 2.30. The van der Waals surface area contributed by atoms with Gasteiger partial charge >= 0.3 is 5.97 Å². The monoisotopic (exact) mass is 417 g/mol. The van der Waals surface area contributed by atoms with Gasteiger partial charge in [-0.15, -0.1) is 11.3 Å². The Labute approximate surface area is 170 Å². The topological polar surface area (TPSA) is 94.3 Å². The fraction of sp³-hybridized carbons (Fsp3) is 0.300. The summed E-state index contributed by atoms with van der Waals surface area (Å²) in [5, 5.41) is 5.19. The predicted octanol–water partition coefficient (Wildman–Crippen LogP) is 4.16. The summed E-state index contributed by atoms with van der Waals surface area (Å²) in [6.07, 6.45) is 0. The number of benzene rings is 1. The van der Waals surface area contributed by atoms with Crippen molar-refractivity contribution in [3.05, 3.63) is 57.5 Å². The Balaban J connectivity index is 1.85. The van der Waals surface area contributed by atoms with Crippen molar-refractivity contribution in [2.75, 3.05) is 7.11 Å². The van der Waals surface area contributed by atoms with Crippen LogP contribution in [0.15, 0.2) is 34.1 Å². The molecule has 2 aromatic heterocycles. The van der Waals surface area contributed by atoms with Gasteiger partial charge in [0.25, 0.3) is 5.91 Å². The Morgan fingerprint density at radius 1 is 1.24 bits per heavy atom. The molecular weight excluding hydrogens is 397 g/mol. The zero-order valence-electron chi connectivity index (χ0n) is 16.4. The lowest BCUT2D eigenvalue weighted by molar-refractivity contribution is 0.0592. The summed E-state index contributed by atoms with van der Waals surface area (Å²) in [7, 11) is 1.27. The molecular formula is C20H20FN3O4S. The first-order valence-electron chi connectivity index (χ1n) is 8.88. The molecule has 0 bridgehead atoms. The number of thiazole rings is 1. The largest absolute Gasteiger partial charge is 0.464 e. The third-order valence-corrected chi connectivity index (χ3v) is 5.18. The van der Waals surface area contributed by atoms with E-state index in [4.69, 9.17) is 4.42 Å². The lowest BCUT2D eigenvalue weighted by Gasteiger charge is -2.20. The quantitative estimate of drug-likeness (QED) is 0.605. The number of hydrogen-bond donors (Lipinski definition) is 1. The van der Waals surface area contributed by atoms with Gasteiger partial charge in [-0.1, -0.05) is 26.0 Å². The van der Waals surface area contributed by atoms with E-state index in [0.29, 0.717) is 16.5 Å². The van der Waals surface area contributed by atoms with Crippen molar-refractivity contribution < 1.29 is 23.1 Å². The Kier molecular flexibility index (Phi) is 6.07. The van der Waals surface area contributed by atoms with Gasteiger partial charge in [0.05, 0.1) is 18.7 Å². The van der Waals surface area contributed by atoms with Gasteiger partial charge in [0.15, 0.2) is 5.69 Å². The van der Waals surface area contributed by atoms with E-state index >= 15 is 0 Å². The Hall–Kier alpha value is -3.07. The lowest BCUT2D eigenvalue weighted by atomic mass is 10.0. The summed E-state index contributed by atoms with van der Waals surface area (Å²) in [5.74, 6) is -1.17. The maximum atomic E-state index is 13.9. The molecule has 0 spiro atoms. The molecule has 1 atom stereocenters. The van der Waals surface area contributed by atoms with E-state index < -0.39 is 23.7 Å². The number of oxazole rings is 1. The molecule has 7 nitrogen and oxygen atoms in total. The predicted molar refractivity (Wildman–Crippen MR) is 105 cm³/mol. The first-order chi connectivity index (χ1) is 13.8. The van der Waals surface area contributed by atoms with Crippen LogP contribution in [0, 0.1) is 18.7 Å². The van der Waals surface area contributed by atoms with Crippen LogP contribution in [0.25, 0.3) is 11.6 Å². The molecule has 0 aliphatic rings. The second kappa shape index (κ2) is 8.52. The van der Waals surface area contributed by atoms with Crippen LogP contribution in [0.2, 0.25) is 0 Å². The van der Waals surface area contributed by atoms with Crippen LogP contribution in [0.1, 0.15) is 51.5 Å². The summed E-state index contributed by atoms with van der Waals surface area (Å²) in [6, 6.07) is 5.37. The third-order valence-electron chi connectivity index (χ3n) is 4.25. The lowest BCUT2D eigenvalue weighted by Crippen LogP contribution is -2.32. The number of nitrogens with one attached hydrogen (secondary N) is 1. The fourth-order valence-electron chi connectivity index (χ4n) is 2.70. The number of esters is 1. The molecule has 9 heteroatoms. The normalized spacial score (nSPS) is 12.1. The zero-order chi connectivity index (χ0) is 21.1. The molecule has 1 aromatic carbocycles. The summed E-state index contributed by atoms with van der Waals surface area (Å²) < 4.78 is 24.1. The van der Waals surface area contributed by atoms with Gasteiger partial charge in [0.2, 0.25) is 5.89 Å². The van der Waals surface area contributed by atoms with E-state index in [0.717, 1.165) is 0 Å². The summed E-state index contributed by atoms with van der Waals surface area (Å²) >= 11 is 1.32. The number of amides is 1. The highest BCUT2D eigenvalue weighted by molar-refractivity contribution is 7.10. The molecule has 0 aliphatic heterocycles. The molecule has 1 N–H and O–H groups in total. The minimum Gasteiger partial charge on any atom is -0.464 e.